The van der Waals surface area contributed by atoms with Crippen LogP contribution in [0, 0.1) is 6.92 Å². The van der Waals surface area contributed by atoms with Crippen LogP contribution in [0.1, 0.15) is 33.3 Å². The molecule has 1 aliphatic heterocycles. The maximum absolute atomic E-state index is 13.1. The number of benzene rings is 1. The number of amides is 2. The Morgan fingerprint density at radius 3 is 2.97 bits per heavy atom. The van der Waals surface area contributed by atoms with Crippen LogP contribution in [0.4, 0.5) is 10.5 Å². The minimum atomic E-state index is -0.598. The van der Waals surface area contributed by atoms with Gasteiger partial charge in [-0.25, -0.2) is 9.78 Å². The van der Waals surface area contributed by atoms with Gasteiger partial charge in [0.25, 0.3) is 5.91 Å². The largest absolute Gasteiger partial charge is 0.453 e. The van der Waals surface area contributed by atoms with E-state index in [1.165, 1.54) is 18.2 Å². The van der Waals surface area contributed by atoms with E-state index in [0.717, 1.165) is 9.96 Å². The second kappa shape index (κ2) is 7.80. The van der Waals surface area contributed by atoms with Crippen LogP contribution < -0.4 is 5.32 Å². The van der Waals surface area contributed by atoms with E-state index in [2.05, 4.69) is 25.2 Å². The summed E-state index contributed by atoms with van der Waals surface area (Å²) in [7, 11) is 1.32. The molecule has 1 fully saturated rings. The Kier molecular flexibility index (Phi) is 3.80. The van der Waals surface area contributed by atoms with Crippen molar-refractivity contribution in [2.45, 2.75) is 12.8 Å². The average Bonchev–Trinajstić information content (AvgIpc) is 3.50. The van der Waals surface area contributed by atoms with Crippen molar-refractivity contribution < 1.29 is 24.3 Å². The third kappa shape index (κ3) is 3.45. The summed E-state index contributed by atoms with van der Waals surface area (Å²) >= 11 is 0. The lowest BCUT2D eigenvalue weighted by Crippen LogP contribution is -2.48. The fourth-order valence-corrected chi connectivity index (χ4v) is 3.40. The maximum Gasteiger partial charge on any atom is 0.409 e. The third-order valence-corrected chi connectivity index (χ3v) is 5.25. The highest BCUT2D eigenvalue weighted by atomic mass is 16.5. The molecule has 32 heavy (non-hydrogen) atoms. The van der Waals surface area contributed by atoms with E-state index in [1.807, 2.05) is 0 Å². The summed E-state index contributed by atoms with van der Waals surface area (Å²) in [5, 5.41) is 6.80. The number of hydrogen-bond acceptors (Lipinski definition) is 7. The Morgan fingerprint density at radius 2 is 2.16 bits per heavy atom. The van der Waals surface area contributed by atoms with E-state index < -0.39 is 30.3 Å². The van der Waals surface area contributed by atoms with Crippen molar-refractivity contribution in [3.05, 3.63) is 65.8 Å². The number of ether oxygens (including phenoxy) is 1. The maximum atomic E-state index is 13.1. The lowest BCUT2D eigenvalue weighted by molar-refractivity contribution is 0.0804. The highest BCUT2D eigenvalue weighted by molar-refractivity contribution is 6.04. The zero-order valence-corrected chi connectivity index (χ0v) is 17.2. The molecule has 0 bridgehead atoms. The number of carbonyl (C=O) groups is 2. The molecule has 1 saturated heterocycles. The minimum absolute atomic E-state index is 0.0382. The number of likely N-dealkylation sites (tertiary alicyclic amines) is 1. The van der Waals surface area contributed by atoms with Gasteiger partial charge in [0.05, 0.1) is 24.7 Å². The Hall–Kier alpha value is -4.21. The van der Waals surface area contributed by atoms with Gasteiger partial charge in [0, 0.05) is 30.5 Å². The van der Waals surface area contributed by atoms with Gasteiger partial charge in [-0.05, 0) is 30.6 Å². The topological polar surface area (TPSA) is 115 Å². The highest BCUT2D eigenvalue weighted by Gasteiger charge is 2.36. The number of aromatic nitrogens is 4. The van der Waals surface area contributed by atoms with Crippen LogP contribution in [0.3, 0.4) is 0 Å². The quantitative estimate of drug-likeness (QED) is 0.523. The van der Waals surface area contributed by atoms with Gasteiger partial charge in [0.1, 0.15) is 11.3 Å². The molecule has 2 amide bonds. The van der Waals surface area contributed by atoms with E-state index in [9.17, 15) is 9.59 Å². The summed E-state index contributed by atoms with van der Waals surface area (Å²) in [4.78, 5) is 34.6. The van der Waals surface area contributed by atoms with Crippen molar-refractivity contribution in [2.24, 2.45) is 0 Å². The van der Waals surface area contributed by atoms with Crippen LogP contribution in [-0.4, -0.2) is 56.6 Å². The summed E-state index contributed by atoms with van der Waals surface area (Å²) < 4.78 is 43.0. The molecule has 4 heterocycles. The second-order valence-electron chi connectivity index (χ2n) is 7.30. The first-order valence-electron chi connectivity index (χ1n) is 11.7. The standard InChI is InChI=1S/C22H20N6O4/c1-13-6-7-14(19-25-21(32-26-19)15-11-27(12-15)22(30)31-2)9-16(13)24-20(29)17-10-23-18-5-3-4-8-28(17)18/h3-10,15H,11-12H2,1-2H3,(H,24,29)/i3D,4D,5D,8D. The molecule has 0 spiro atoms. The number of pyridine rings is 1. The highest BCUT2D eigenvalue weighted by Crippen LogP contribution is 2.29. The van der Waals surface area contributed by atoms with Gasteiger partial charge in [-0.2, -0.15) is 4.98 Å². The number of nitrogens with one attached hydrogen (secondary N) is 1. The number of hydrogen-bond donors (Lipinski definition) is 1. The first-order chi connectivity index (χ1) is 17.2. The van der Waals surface area contributed by atoms with Crippen LogP contribution in [0.5, 0.6) is 0 Å². The molecule has 0 saturated carbocycles. The fraction of sp³-hybridized carbons (Fsp3) is 0.227. The molecule has 162 valence electrons. The molecule has 0 aliphatic carbocycles. The molecule has 10 nitrogen and oxygen atoms in total. The molecule has 1 aliphatic rings. The van der Waals surface area contributed by atoms with Gasteiger partial charge in [-0.1, -0.05) is 23.3 Å². The predicted octanol–water partition coefficient (Wildman–Crippen LogP) is 3.11. The molecule has 4 aromatic rings. The van der Waals surface area contributed by atoms with E-state index >= 15 is 0 Å². The Labute approximate surface area is 188 Å². The normalized spacial score (nSPS) is 15.5. The van der Waals surface area contributed by atoms with E-state index in [0.29, 0.717) is 36.1 Å². The number of rotatable bonds is 4. The molecular weight excluding hydrogens is 412 g/mol. The number of methoxy groups -OCH3 is 1. The number of aryl methyl sites for hydroxylation is 1. The number of fused-ring (bicyclic) bond motifs is 1. The zero-order valence-electron chi connectivity index (χ0n) is 21.2. The molecule has 10 heteroatoms. The molecule has 0 unspecified atom stereocenters. The summed E-state index contributed by atoms with van der Waals surface area (Å²) in [6.45, 7) is 2.64. The number of nitrogens with zero attached hydrogens (tertiary/aromatic N) is 5. The van der Waals surface area contributed by atoms with Crippen molar-refractivity contribution in [1.29, 1.82) is 0 Å². The van der Waals surface area contributed by atoms with Crippen molar-refractivity contribution in [1.82, 2.24) is 24.4 Å². The monoisotopic (exact) mass is 436 g/mol. The molecule has 3 aromatic heterocycles. The van der Waals surface area contributed by atoms with Gasteiger partial charge in [-0.3, -0.25) is 9.20 Å². The summed E-state index contributed by atoms with van der Waals surface area (Å²) in [6, 6.07) is 4.03. The van der Waals surface area contributed by atoms with Gasteiger partial charge in [-0.15, -0.1) is 0 Å². The van der Waals surface area contributed by atoms with Gasteiger partial charge in [0.2, 0.25) is 11.7 Å². The first-order valence-corrected chi connectivity index (χ1v) is 9.72. The van der Waals surface area contributed by atoms with Crippen molar-refractivity contribution in [3.8, 4) is 11.4 Å². The number of carbonyl (C=O) groups excluding carboxylic acids is 2. The van der Waals surface area contributed by atoms with Gasteiger partial charge in [0.15, 0.2) is 0 Å². The second-order valence-corrected chi connectivity index (χ2v) is 7.30. The van der Waals surface area contributed by atoms with Crippen LogP contribution in [0.15, 0.2) is 53.2 Å². The van der Waals surface area contributed by atoms with Gasteiger partial charge < -0.3 is 19.5 Å². The van der Waals surface area contributed by atoms with Crippen molar-refractivity contribution in [2.75, 3.05) is 25.5 Å². The van der Waals surface area contributed by atoms with Crippen LogP contribution >= 0.6 is 0 Å². The Bertz CT molecular complexity index is 1530. The SMILES string of the molecule is [2H]c1c([2H])c([2H])n2c(C(=O)Nc3cc(-c4noc(C5CN(C(=O)OC)C5)n4)ccc3C)cnc2c1[2H]. The Balaban J connectivity index is 1.39. The molecular formula is C22H20N6O4. The van der Waals surface area contributed by atoms with E-state index in [4.69, 9.17) is 10.0 Å². The fourth-order valence-electron chi connectivity index (χ4n) is 3.40. The molecule has 5 rings (SSSR count). The molecule has 1 N–H and O–H groups in total. The van der Waals surface area contributed by atoms with Crippen LogP contribution in [0.25, 0.3) is 17.0 Å². The van der Waals surface area contributed by atoms with Gasteiger partial charge >= 0.3 is 6.09 Å². The summed E-state index contributed by atoms with van der Waals surface area (Å²) in [6.07, 6.45) is 0.396. The molecule has 0 radical (unpaired) electrons. The number of imidazole rings is 1. The van der Waals surface area contributed by atoms with Crippen molar-refractivity contribution in [3.63, 3.8) is 0 Å². The summed E-state index contributed by atoms with van der Waals surface area (Å²) in [5.41, 5.74) is 1.72. The lowest BCUT2D eigenvalue weighted by atomic mass is 10.0. The molecule has 0 atom stereocenters. The van der Waals surface area contributed by atoms with Crippen LogP contribution in [0.2, 0.25) is 0 Å². The number of anilines is 1. The third-order valence-electron chi connectivity index (χ3n) is 5.25. The molecule has 1 aromatic carbocycles. The zero-order chi connectivity index (χ0) is 25.7. The lowest BCUT2D eigenvalue weighted by Gasteiger charge is -2.35. The summed E-state index contributed by atoms with van der Waals surface area (Å²) in [5.74, 6) is 0.0355. The van der Waals surface area contributed by atoms with Crippen LogP contribution in [-0.2, 0) is 4.74 Å². The van der Waals surface area contributed by atoms with E-state index in [-0.39, 0.29) is 23.3 Å². The average molecular weight is 436 g/mol. The Morgan fingerprint density at radius 1 is 1.31 bits per heavy atom. The first kappa shape index (κ1) is 15.6. The predicted molar refractivity (Wildman–Crippen MR) is 114 cm³/mol. The smallest absolute Gasteiger partial charge is 0.409 e. The van der Waals surface area contributed by atoms with E-state index in [1.54, 1.807) is 25.1 Å². The van der Waals surface area contributed by atoms with Crippen molar-refractivity contribution >= 4 is 23.3 Å². The minimum Gasteiger partial charge on any atom is -0.453 e.